The number of para-hydroxylation sites is 1. The van der Waals surface area contributed by atoms with Crippen molar-refractivity contribution in [2.45, 2.75) is 0 Å². The minimum absolute atomic E-state index is 0.633. The van der Waals surface area contributed by atoms with Gasteiger partial charge in [0.25, 0.3) is 0 Å². The number of hydrogen-bond donors (Lipinski definition) is 0. The minimum Gasteiger partial charge on any atom is -0.456 e. The molecule has 0 saturated heterocycles. The Balaban J connectivity index is 1.10. The zero-order valence-electron chi connectivity index (χ0n) is 23.4. The summed E-state index contributed by atoms with van der Waals surface area (Å²) in [6.07, 6.45) is 0. The number of aromatic nitrogens is 3. The van der Waals surface area contributed by atoms with E-state index >= 15 is 0 Å². The zero-order chi connectivity index (χ0) is 29.0. The van der Waals surface area contributed by atoms with Crippen LogP contribution in [0.2, 0.25) is 0 Å². The maximum atomic E-state index is 6.38. The standard InChI is InChI=1S/C39H23N3O2/c1-3-9-25(10-4-1)37-40-38(26-11-5-2-6-12-26)42-39(41-37)27-17-15-24(16-18-27)28-19-20-30-32-23-35-31(22-36(32)44-34(30)21-28)29-13-7-8-14-33(29)43-35/h1-23H. The normalized spacial score (nSPS) is 11.6. The molecule has 0 aliphatic rings. The van der Waals surface area contributed by atoms with Crippen LogP contribution in [-0.4, -0.2) is 15.0 Å². The molecule has 0 saturated carbocycles. The molecule has 0 aliphatic carbocycles. The molecule has 3 heterocycles. The molecule has 0 atom stereocenters. The monoisotopic (exact) mass is 565 g/mol. The van der Waals surface area contributed by atoms with Gasteiger partial charge in [0, 0.05) is 38.2 Å². The van der Waals surface area contributed by atoms with Gasteiger partial charge in [0.1, 0.15) is 22.3 Å². The van der Waals surface area contributed by atoms with E-state index in [1.807, 2.05) is 78.9 Å². The fourth-order valence-electron chi connectivity index (χ4n) is 5.92. The second-order valence-corrected chi connectivity index (χ2v) is 10.9. The molecular formula is C39H23N3O2. The number of rotatable bonds is 4. The second-order valence-electron chi connectivity index (χ2n) is 10.9. The third kappa shape index (κ3) is 4.06. The van der Waals surface area contributed by atoms with Gasteiger partial charge in [-0.1, -0.05) is 109 Å². The summed E-state index contributed by atoms with van der Waals surface area (Å²) in [5.41, 5.74) is 8.42. The lowest BCUT2D eigenvalue weighted by Crippen LogP contribution is -2.00. The highest BCUT2D eigenvalue weighted by molar-refractivity contribution is 6.15. The third-order valence-corrected chi connectivity index (χ3v) is 8.15. The molecule has 3 aromatic heterocycles. The first kappa shape index (κ1) is 24.5. The smallest absolute Gasteiger partial charge is 0.164 e. The van der Waals surface area contributed by atoms with Crippen LogP contribution in [0.5, 0.6) is 0 Å². The van der Waals surface area contributed by atoms with E-state index in [0.717, 1.165) is 71.7 Å². The minimum atomic E-state index is 0.633. The van der Waals surface area contributed by atoms with Gasteiger partial charge in [-0.15, -0.1) is 0 Å². The Kier molecular flexibility index (Phi) is 5.43. The summed E-state index contributed by atoms with van der Waals surface area (Å²) < 4.78 is 12.5. The predicted molar refractivity (Wildman–Crippen MR) is 176 cm³/mol. The Hall–Kier alpha value is -6.07. The molecule has 5 nitrogen and oxygen atoms in total. The van der Waals surface area contributed by atoms with Crippen LogP contribution in [0.1, 0.15) is 0 Å². The molecule has 206 valence electrons. The lowest BCUT2D eigenvalue weighted by atomic mass is 10.0. The quantitative estimate of drug-likeness (QED) is 0.212. The Morgan fingerprint density at radius 1 is 0.295 bits per heavy atom. The topological polar surface area (TPSA) is 65.0 Å². The molecule has 0 N–H and O–H groups in total. The molecule has 0 aliphatic heterocycles. The number of hydrogen-bond acceptors (Lipinski definition) is 5. The van der Waals surface area contributed by atoms with Crippen LogP contribution in [-0.2, 0) is 0 Å². The molecule has 6 aromatic carbocycles. The second kappa shape index (κ2) is 9.75. The van der Waals surface area contributed by atoms with Gasteiger partial charge >= 0.3 is 0 Å². The van der Waals surface area contributed by atoms with Crippen LogP contribution in [0.4, 0.5) is 0 Å². The van der Waals surface area contributed by atoms with Crippen molar-refractivity contribution in [1.82, 2.24) is 15.0 Å². The van der Waals surface area contributed by atoms with Crippen LogP contribution in [0.25, 0.3) is 89.2 Å². The van der Waals surface area contributed by atoms with Gasteiger partial charge in [0.15, 0.2) is 17.5 Å². The van der Waals surface area contributed by atoms with E-state index in [0.29, 0.717) is 17.5 Å². The van der Waals surface area contributed by atoms with E-state index < -0.39 is 0 Å². The van der Waals surface area contributed by atoms with E-state index in [1.165, 1.54) is 0 Å². The SMILES string of the molecule is c1ccc(-c2nc(-c3ccccc3)nc(-c3ccc(-c4ccc5c(c4)oc4cc6c(cc45)oc4ccccc46)cc3)n2)cc1. The molecule has 44 heavy (non-hydrogen) atoms. The van der Waals surface area contributed by atoms with Gasteiger partial charge in [0.2, 0.25) is 0 Å². The molecule has 5 heteroatoms. The van der Waals surface area contributed by atoms with Gasteiger partial charge in [-0.2, -0.15) is 0 Å². The maximum absolute atomic E-state index is 6.38. The first-order valence-corrected chi connectivity index (χ1v) is 14.5. The molecule has 9 aromatic rings. The van der Waals surface area contributed by atoms with E-state index in [-0.39, 0.29) is 0 Å². The maximum Gasteiger partial charge on any atom is 0.164 e. The summed E-state index contributed by atoms with van der Waals surface area (Å²) in [5, 5.41) is 4.27. The van der Waals surface area contributed by atoms with Crippen molar-refractivity contribution in [3.63, 3.8) is 0 Å². The van der Waals surface area contributed by atoms with E-state index in [2.05, 4.69) is 60.7 Å². The van der Waals surface area contributed by atoms with Crippen LogP contribution in [0, 0.1) is 0 Å². The third-order valence-electron chi connectivity index (χ3n) is 8.15. The fraction of sp³-hybridized carbons (Fsp3) is 0. The summed E-state index contributed by atoms with van der Waals surface area (Å²) in [6, 6.07) is 47.0. The Morgan fingerprint density at radius 2 is 0.727 bits per heavy atom. The van der Waals surface area contributed by atoms with E-state index in [1.54, 1.807) is 0 Å². The van der Waals surface area contributed by atoms with Crippen molar-refractivity contribution < 1.29 is 8.83 Å². The molecule has 0 amide bonds. The summed E-state index contributed by atoms with van der Waals surface area (Å²) in [5.74, 6) is 1.93. The van der Waals surface area contributed by atoms with Gasteiger partial charge < -0.3 is 8.83 Å². The number of benzene rings is 6. The van der Waals surface area contributed by atoms with Gasteiger partial charge in [0.05, 0.1) is 0 Å². The summed E-state index contributed by atoms with van der Waals surface area (Å²) in [7, 11) is 0. The summed E-state index contributed by atoms with van der Waals surface area (Å²) in [6.45, 7) is 0. The van der Waals surface area contributed by atoms with Gasteiger partial charge in [-0.05, 0) is 41.5 Å². The zero-order valence-corrected chi connectivity index (χ0v) is 23.4. The van der Waals surface area contributed by atoms with Crippen LogP contribution < -0.4 is 0 Å². The first-order chi connectivity index (χ1) is 21.8. The lowest BCUT2D eigenvalue weighted by Gasteiger charge is -2.09. The average molecular weight is 566 g/mol. The molecule has 0 radical (unpaired) electrons. The van der Waals surface area contributed by atoms with Crippen molar-refractivity contribution in [3.05, 3.63) is 140 Å². The highest BCUT2D eigenvalue weighted by atomic mass is 16.3. The lowest BCUT2D eigenvalue weighted by molar-refractivity contribution is 0.664. The van der Waals surface area contributed by atoms with E-state index in [4.69, 9.17) is 23.8 Å². The Morgan fingerprint density at radius 3 is 1.34 bits per heavy atom. The van der Waals surface area contributed by atoms with Crippen LogP contribution in [0.15, 0.2) is 148 Å². The van der Waals surface area contributed by atoms with Crippen molar-refractivity contribution >= 4 is 43.9 Å². The predicted octanol–water partition coefficient (Wildman–Crippen LogP) is 10.3. The Bertz CT molecular complexity index is 2420. The van der Waals surface area contributed by atoms with Crippen molar-refractivity contribution in [3.8, 4) is 45.3 Å². The van der Waals surface area contributed by atoms with Crippen molar-refractivity contribution in [1.29, 1.82) is 0 Å². The van der Waals surface area contributed by atoms with Gasteiger partial charge in [-0.3, -0.25) is 0 Å². The first-order valence-electron chi connectivity index (χ1n) is 14.5. The number of nitrogens with zero attached hydrogens (tertiary/aromatic N) is 3. The van der Waals surface area contributed by atoms with E-state index in [9.17, 15) is 0 Å². The highest BCUT2D eigenvalue weighted by Crippen LogP contribution is 2.38. The Labute approximate surface area is 252 Å². The fourth-order valence-corrected chi connectivity index (χ4v) is 5.92. The van der Waals surface area contributed by atoms with Gasteiger partial charge in [-0.25, -0.2) is 15.0 Å². The number of furan rings is 2. The van der Waals surface area contributed by atoms with Crippen LogP contribution in [0.3, 0.4) is 0 Å². The largest absolute Gasteiger partial charge is 0.456 e. The molecule has 0 spiro atoms. The summed E-state index contributed by atoms with van der Waals surface area (Å²) >= 11 is 0. The highest BCUT2D eigenvalue weighted by Gasteiger charge is 2.15. The van der Waals surface area contributed by atoms with Crippen molar-refractivity contribution in [2.75, 3.05) is 0 Å². The molecule has 0 fully saturated rings. The molecule has 0 bridgehead atoms. The molecular weight excluding hydrogens is 542 g/mol. The number of fused-ring (bicyclic) bond motifs is 6. The average Bonchev–Trinajstić information content (AvgIpc) is 3.64. The summed E-state index contributed by atoms with van der Waals surface area (Å²) in [4.78, 5) is 14.5. The molecule has 9 rings (SSSR count). The molecule has 0 unspecified atom stereocenters. The van der Waals surface area contributed by atoms with Crippen molar-refractivity contribution in [2.24, 2.45) is 0 Å². The van der Waals surface area contributed by atoms with Crippen LogP contribution >= 0.6 is 0 Å².